The van der Waals surface area contributed by atoms with Gasteiger partial charge in [0.15, 0.2) is 0 Å². The van der Waals surface area contributed by atoms with Gasteiger partial charge in [0.2, 0.25) is 64.9 Å². The summed E-state index contributed by atoms with van der Waals surface area (Å²) in [6, 6.07) is -10.1. The lowest BCUT2D eigenvalue weighted by Gasteiger charge is -2.38. The summed E-state index contributed by atoms with van der Waals surface area (Å²) in [5, 5.41) is 37.1. The molecule has 0 aromatic heterocycles. The van der Waals surface area contributed by atoms with Crippen molar-refractivity contribution in [3.05, 3.63) is 0 Å². The smallest absolute Gasteiger partial charge is 0.322 e. The summed E-state index contributed by atoms with van der Waals surface area (Å²) in [6.07, 6.45) is 0.857. The van der Waals surface area contributed by atoms with Crippen LogP contribution in [0.15, 0.2) is 0 Å². The SMILES string of the molecule is CCC(C)(C)[C@H](NC(=O)CNC(=O)C(=O)CCC(C)(C)C)C(=O)NCC(=O)N[C@H](C(=O)N[C@@H](C(=O)N[C@H](C(=O)N[C@H](C)C(=O)N[C@H](C(=O)N[C@@H](C(=O)N[C@@H](C)C(=O)NCC(=O)O)C(C)(C)C)C(C)(C)C)C(C)(C)C)C(C)(C)C)C(C)(C)C. The van der Waals surface area contributed by atoms with Gasteiger partial charge in [-0.15, -0.1) is 0 Å². The van der Waals surface area contributed by atoms with Gasteiger partial charge in [-0.05, 0) is 64.6 Å². The highest BCUT2D eigenvalue weighted by molar-refractivity contribution is 6.36. The number of rotatable bonds is 27. The van der Waals surface area contributed by atoms with Crippen molar-refractivity contribution < 1.29 is 67.4 Å². The molecule has 0 spiro atoms. The van der Waals surface area contributed by atoms with E-state index in [9.17, 15) is 62.3 Å². The Morgan fingerprint density at radius 3 is 0.976 bits per heavy atom. The molecule has 25 heteroatoms. The zero-order valence-electron chi connectivity index (χ0n) is 53.1. The van der Waals surface area contributed by atoms with E-state index < -0.39 is 177 Å². The van der Waals surface area contributed by atoms with E-state index in [2.05, 4.69) is 58.5 Å². The predicted octanol–water partition coefficient (Wildman–Crippen LogP) is 1.40. The van der Waals surface area contributed by atoms with Crippen LogP contribution < -0.4 is 58.5 Å². The van der Waals surface area contributed by atoms with Gasteiger partial charge in [-0.3, -0.25) is 62.3 Å². The van der Waals surface area contributed by atoms with Crippen molar-refractivity contribution in [3.63, 3.8) is 0 Å². The van der Waals surface area contributed by atoms with Gasteiger partial charge in [0, 0.05) is 6.42 Å². The van der Waals surface area contributed by atoms with Crippen LogP contribution in [0.25, 0.3) is 0 Å². The van der Waals surface area contributed by atoms with Crippen molar-refractivity contribution in [2.45, 2.75) is 227 Å². The summed E-state index contributed by atoms with van der Waals surface area (Å²) in [4.78, 5) is 172. The number of carbonyl (C=O) groups is 13. The van der Waals surface area contributed by atoms with Crippen molar-refractivity contribution >= 4 is 76.7 Å². The summed E-state index contributed by atoms with van der Waals surface area (Å²) < 4.78 is 0. The second kappa shape index (κ2) is 30.0. The van der Waals surface area contributed by atoms with Gasteiger partial charge in [-0.1, -0.05) is 145 Å². The quantitative estimate of drug-likeness (QED) is 0.0518. The molecule has 82 heavy (non-hydrogen) atoms. The number of carboxylic acid groups (broad SMARTS) is 1. The first-order valence-electron chi connectivity index (χ1n) is 27.8. The highest BCUT2D eigenvalue weighted by Gasteiger charge is 2.44. The lowest BCUT2D eigenvalue weighted by Crippen LogP contribution is -2.65. The molecule has 0 radical (unpaired) electrons. The Morgan fingerprint density at radius 1 is 0.354 bits per heavy atom. The number of carboxylic acids is 1. The molecule has 0 unspecified atom stereocenters. The number of hydrogen-bond donors (Lipinski definition) is 12. The molecule has 8 atom stereocenters. The van der Waals surface area contributed by atoms with E-state index in [4.69, 9.17) is 5.11 Å². The Bertz CT molecular complexity index is 2340. The van der Waals surface area contributed by atoms with E-state index in [-0.39, 0.29) is 11.8 Å². The molecule has 0 aliphatic rings. The average molecular weight is 1160 g/mol. The first kappa shape index (κ1) is 75.3. The van der Waals surface area contributed by atoms with E-state index in [0.717, 1.165) is 0 Å². The van der Waals surface area contributed by atoms with Crippen LogP contribution in [-0.4, -0.2) is 150 Å². The van der Waals surface area contributed by atoms with Crippen LogP contribution in [-0.2, 0) is 62.3 Å². The summed E-state index contributed by atoms with van der Waals surface area (Å²) in [5.41, 5.74) is -5.93. The van der Waals surface area contributed by atoms with Crippen LogP contribution in [0.4, 0.5) is 0 Å². The van der Waals surface area contributed by atoms with Crippen molar-refractivity contribution in [2.24, 2.45) is 37.9 Å². The van der Waals surface area contributed by atoms with Crippen LogP contribution in [0.3, 0.4) is 0 Å². The molecule has 0 aliphatic heterocycles. The molecule has 468 valence electrons. The molecule has 25 nitrogen and oxygen atoms in total. The molecule has 0 saturated carbocycles. The van der Waals surface area contributed by atoms with E-state index in [1.165, 1.54) is 13.8 Å². The van der Waals surface area contributed by atoms with Gasteiger partial charge in [0.1, 0.15) is 54.9 Å². The van der Waals surface area contributed by atoms with Gasteiger partial charge in [0.05, 0.1) is 13.1 Å². The highest BCUT2D eigenvalue weighted by Crippen LogP contribution is 2.28. The summed E-state index contributed by atoms with van der Waals surface area (Å²) in [6.45, 7) is 36.9. The Morgan fingerprint density at radius 2 is 0.646 bits per heavy atom. The number of ketones is 1. The largest absolute Gasteiger partial charge is 0.480 e. The molecular formula is C57H101N11O14. The summed E-state index contributed by atoms with van der Waals surface area (Å²) >= 11 is 0. The molecule has 0 fully saturated rings. The number of carbonyl (C=O) groups excluding carboxylic acids is 12. The monoisotopic (exact) mass is 1160 g/mol. The van der Waals surface area contributed by atoms with E-state index in [1.807, 2.05) is 20.8 Å². The molecule has 12 N–H and O–H groups in total. The van der Waals surface area contributed by atoms with Gasteiger partial charge in [0.25, 0.3) is 5.91 Å². The maximum Gasteiger partial charge on any atom is 0.322 e. The third-order valence-corrected chi connectivity index (χ3v) is 13.5. The summed E-state index contributed by atoms with van der Waals surface area (Å²) in [5.74, 6) is -10.6. The number of amides is 11. The lowest BCUT2D eigenvalue weighted by molar-refractivity contribution is -0.139. The molecule has 0 aliphatic carbocycles. The molecule has 11 amide bonds. The van der Waals surface area contributed by atoms with Crippen molar-refractivity contribution in [2.75, 3.05) is 19.6 Å². The van der Waals surface area contributed by atoms with Crippen molar-refractivity contribution in [1.29, 1.82) is 0 Å². The number of Topliss-reactive ketones (excluding diaryl/α,β-unsaturated/α-hetero) is 1. The second-order valence-corrected chi connectivity index (χ2v) is 28.4. The zero-order valence-corrected chi connectivity index (χ0v) is 53.1. The van der Waals surface area contributed by atoms with Crippen LogP contribution in [0.2, 0.25) is 0 Å². The molecule has 0 aromatic rings. The fourth-order valence-corrected chi connectivity index (χ4v) is 7.74. The molecule has 0 aromatic carbocycles. The van der Waals surface area contributed by atoms with E-state index >= 15 is 0 Å². The Hall–Kier alpha value is -6.69. The van der Waals surface area contributed by atoms with Gasteiger partial charge >= 0.3 is 5.97 Å². The van der Waals surface area contributed by atoms with Crippen LogP contribution >= 0.6 is 0 Å². The normalized spacial score (nSPS) is 15.4. The number of hydrogen-bond acceptors (Lipinski definition) is 13. The highest BCUT2D eigenvalue weighted by atomic mass is 16.4. The molecule has 0 saturated heterocycles. The number of aliphatic carboxylic acids is 1. The van der Waals surface area contributed by atoms with Crippen LogP contribution in [0.5, 0.6) is 0 Å². The summed E-state index contributed by atoms with van der Waals surface area (Å²) in [7, 11) is 0. The first-order valence-corrected chi connectivity index (χ1v) is 27.8. The number of nitrogens with one attached hydrogen (secondary N) is 11. The third-order valence-electron chi connectivity index (χ3n) is 13.5. The maximum atomic E-state index is 14.4. The molecule has 0 rings (SSSR count). The van der Waals surface area contributed by atoms with Crippen molar-refractivity contribution in [1.82, 2.24) is 58.5 Å². The minimum atomic E-state index is -1.32. The molecule has 0 heterocycles. The Balaban J connectivity index is 6.34. The third kappa shape index (κ3) is 26.0. The lowest BCUT2D eigenvalue weighted by atomic mass is 9.81. The van der Waals surface area contributed by atoms with Gasteiger partial charge in [-0.2, -0.15) is 0 Å². The van der Waals surface area contributed by atoms with Crippen LogP contribution in [0.1, 0.15) is 179 Å². The Labute approximate surface area is 485 Å². The zero-order chi connectivity index (χ0) is 64.6. The minimum Gasteiger partial charge on any atom is -0.480 e. The fourth-order valence-electron chi connectivity index (χ4n) is 7.74. The Kier molecular flexibility index (Phi) is 27.6. The molecular weight excluding hydrogens is 1060 g/mol. The van der Waals surface area contributed by atoms with Gasteiger partial charge < -0.3 is 63.6 Å². The first-order chi connectivity index (χ1) is 36.8. The van der Waals surface area contributed by atoms with Crippen LogP contribution in [0, 0.1) is 37.9 Å². The second-order valence-electron chi connectivity index (χ2n) is 28.4. The van der Waals surface area contributed by atoms with Gasteiger partial charge in [-0.25, -0.2) is 0 Å². The van der Waals surface area contributed by atoms with E-state index in [1.54, 1.807) is 125 Å². The maximum absolute atomic E-state index is 14.4. The van der Waals surface area contributed by atoms with E-state index in [0.29, 0.717) is 12.8 Å². The fraction of sp³-hybridized carbons (Fsp3) is 0.772. The predicted molar refractivity (Wildman–Crippen MR) is 309 cm³/mol. The average Bonchev–Trinajstić information content (AvgIpc) is 3.30. The minimum absolute atomic E-state index is 0.00582. The van der Waals surface area contributed by atoms with Crippen molar-refractivity contribution in [3.8, 4) is 0 Å². The standard InChI is InChI=1S/C57H101N11O14/c1-24-57(22,23)41(64-34(71)27-58-44(76)32(69)25-26-51(4,5)6)45(77)59-28-33(70)63-36(52(7,8)9)48(80)68-40(56(19,20)21)50(82)67-38(54(13,14)15)47(79)62-31(3)43(75)65-39(55(16,17)18)49(81)66-37(53(10,11)12)46(78)61-30(2)42(74)60-29-35(72)73/h30-31,36-41H,24-29H2,1-23H3,(H,58,76)(H,59,77)(H,60,74)(H,61,78)(H,62,79)(H,63,70)(H,64,71)(H,65,75)(H,66,81)(H,67,82)(H,68,80)(H,72,73)/t30-,31+,36+,37-,38+,39+,40-,41+/m0/s1. The molecule has 0 bridgehead atoms. The topological polar surface area (TPSA) is 374 Å².